The van der Waals surface area contributed by atoms with E-state index in [1.165, 1.54) is 24.8 Å². The number of hydrogen-bond donors (Lipinski definition) is 2. The summed E-state index contributed by atoms with van der Waals surface area (Å²) in [6.45, 7) is 6.48. The Kier molecular flexibility index (Phi) is 11.4. The van der Waals surface area contributed by atoms with Crippen molar-refractivity contribution in [2.75, 3.05) is 33.3 Å². The highest BCUT2D eigenvalue weighted by Crippen LogP contribution is 2.33. The molecule has 1 aliphatic rings. The molecule has 0 saturated carbocycles. The monoisotopic (exact) mass is 364 g/mol. The van der Waals surface area contributed by atoms with Gasteiger partial charge in [0, 0.05) is 32.2 Å². The second kappa shape index (κ2) is 11.8. The van der Waals surface area contributed by atoms with Crippen LogP contribution in [0.5, 0.6) is 11.5 Å². The third-order valence-corrected chi connectivity index (χ3v) is 4.26. The molecule has 1 aliphatic heterocycles. The Morgan fingerprint density at radius 3 is 2.48 bits per heavy atom. The fourth-order valence-corrected chi connectivity index (χ4v) is 3.06. The van der Waals surface area contributed by atoms with E-state index in [9.17, 15) is 5.11 Å². The average molecular weight is 365 g/mol. The summed E-state index contributed by atoms with van der Waals surface area (Å²) in [6.07, 6.45) is 4.89. The molecule has 0 spiro atoms. The Labute approximate surface area is 152 Å². The summed E-state index contributed by atoms with van der Waals surface area (Å²) in [5.74, 6) is 0.789. The molecule has 2 N–H and O–H groups in total. The quantitative estimate of drug-likeness (QED) is 0.722. The molecule has 1 atom stereocenters. The molecule has 134 valence electrons. The van der Waals surface area contributed by atoms with Crippen LogP contribution < -0.4 is 10.1 Å². The van der Waals surface area contributed by atoms with Crippen LogP contribution in [0.4, 0.5) is 0 Å². The molecule has 1 fully saturated rings. The van der Waals surface area contributed by atoms with Gasteiger partial charge in [-0.3, -0.25) is 4.90 Å². The van der Waals surface area contributed by atoms with Crippen molar-refractivity contribution in [2.45, 2.75) is 38.6 Å². The number of unbranched alkanes of at least 4 members (excludes halogenated alkanes) is 2. The summed E-state index contributed by atoms with van der Waals surface area (Å²) in [4.78, 5) is 2.54. The van der Waals surface area contributed by atoms with Crippen molar-refractivity contribution in [3.8, 4) is 11.5 Å². The lowest BCUT2D eigenvalue weighted by atomic mass is 9.97. The Hall–Kier alpha value is -0.680. The summed E-state index contributed by atoms with van der Waals surface area (Å²) in [6, 6.07) is 6.24. The van der Waals surface area contributed by atoms with Gasteiger partial charge in [0.15, 0.2) is 11.5 Å². The molecule has 0 aliphatic carbocycles. The first-order valence-electron chi connectivity index (χ1n) is 8.08. The van der Waals surface area contributed by atoms with E-state index >= 15 is 0 Å². The zero-order valence-electron chi connectivity index (χ0n) is 14.1. The van der Waals surface area contributed by atoms with Gasteiger partial charge in [-0.1, -0.05) is 32.3 Å². The molecule has 0 bridgehead atoms. The first-order valence-corrected chi connectivity index (χ1v) is 8.08. The zero-order valence-corrected chi connectivity index (χ0v) is 15.7. The first-order chi connectivity index (χ1) is 10.3. The second-order valence-electron chi connectivity index (χ2n) is 5.73. The predicted octanol–water partition coefficient (Wildman–Crippen LogP) is 3.77. The van der Waals surface area contributed by atoms with Gasteiger partial charge < -0.3 is 15.2 Å². The molecular formula is C17H30Cl2N2O2. The number of aromatic hydroxyl groups is 1. The SMILES string of the molecule is CCCCC[C@@H](c1ccc(OC)c(O)c1)N1CCNCC1.Cl.Cl. The first kappa shape index (κ1) is 22.3. The number of halogens is 2. The van der Waals surface area contributed by atoms with E-state index in [-0.39, 0.29) is 30.6 Å². The van der Waals surface area contributed by atoms with Gasteiger partial charge >= 0.3 is 0 Å². The highest BCUT2D eigenvalue weighted by Gasteiger charge is 2.22. The fourth-order valence-electron chi connectivity index (χ4n) is 3.06. The molecule has 1 aromatic rings. The van der Waals surface area contributed by atoms with E-state index in [0.29, 0.717) is 11.8 Å². The van der Waals surface area contributed by atoms with Crippen molar-refractivity contribution < 1.29 is 9.84 Å². The lowest BCUT2D eigenvalue weighted by Gasteiger charge is -2.35. The third-order valence-electron chi connectivity index (χ3n) is 4.26. The van der Waals surface area contributed by atoms with Gasteiger partial charge in [-0.15, -0.1) is 24.8 Å². The van der Waals surface area contributed by atoms with Gasteiger partial charge in [-0.05, 0) is 24.1 Å². The Bertz CT molecular complexity index is 441. The van der Waals surface area contributed by atoms with Gasteiger partial charge in [-0.25, -0.2) is 0 Å². The Balaban J connectivity index is 0.00000242. The number of phenols is 1. The summed E-state index contributed by atoms with van der Waals surface area (Å²) in [7, 11) is 1.59. The highest BCUT2D eigenvalue weighted by molar-refractivity contribution is 5.85. The van der Waals surface area contributed by atoms with E-state index in [1.807, 2.05) is 12.1 Å². The third kappa shape index (κ3) is 6.38. The molecule has 1 aromatic carbocycles. The number of rotatable bonds is 7. The van der Waals surface area contributed by atoms with E-state index in [1.54, 1.807) is 7.11 Å². The highest BCUT2D eigenvalue weighted by atomic mass is 35.5. The minimum absolute atomic E-state index is 0. The average Bonchev–Trinajstić information content (AvgIpc) is 2.52. The number of phenolic OH excluding ortho intramolecular Hbond substituents is 1. The second-order valence-corrected chi connectivity index (χ2v) is 5.73. The van der Waals surface area contributed by atoms with Gasteiger partial charge in [0.2, 0.25) is 0 Å². The molecule has 0 radical (unpaired) electrons. The van der Waals surface area contributed by atoms with Crippen molar-refractivity contribution in [3.05, 3.63) is 23.8 Å². The predicted molar refractivity (Wildman–Crippen MR) is 100 cm³/mol. The van der Waals surface area contributed by atoms with Crippen LogP contribution in [-0.2, 0) is 0 Å². The molecule has 23 heavy (non-hydrogen) atoms. The van der Waals surface area contributed by atoms with Crippen molar-refractivity contribution in [1.29, 1.82) is 0 Å². The zero-order chi connectivity index (χ0) is 15.1. The molecular weight excluding hydrogens is 335 g/mol. The number of ether oxygens (including phenoxy) is 1. The number of benzene rings is 1. The maximum atomic E-state index is 10.1. The summed E-state index contributed by atoms with van der Waals surface area (Å²) in [5, 5.41) is 13.5. The molecule has 6 heteroatoms. The molecule has 2 rings (SSSR count). The number of nitrogens with one attached hydrogen (secondary N) is 1. The van der Waals surface area contributed by atoms with Crippen molar-refractivity contribution >= 4 is 24.8 Å². The summed E-state index contributed by atoms with van der Waals surface area (Å²) < 4.78 is 5.15. The van der Waals surface area contributed by atoms with Crippen LogP contribution in [0.3, 0.4) is 0 Å². The summed E-state index contributed by atoms with van der Waals surface area (Å²) in [5.41, 5.74) is 1.20. The standard InChI is InChI=1S/C17H28N2O2.2ClH/c1-3-4-5-6-15(19-11-9-18-10-12-19)14-7-8-17(21-2)16(20)13-14;;/h7-8,13,15,18,20H,3-6,9-12H2,1-2H3;2*1H/t15-;;/m0../s1. The molecule has 0 unspecified atom stereocenters. The molecule has 4 nitrogen and oxygen atoms in total. The Morgan fingerprint density at radius 1 is 1.22 bits per heavy atom. The number of piperazine rings is 1. The van der Waals surface area contributed by atoms with E-state index in [2.05, 4.69) is 23.2 Å². The van der Waals surface area contributed by atoms with Crippen LogP contribution in [0, 0.1) is 0 Å². The van der Waals surface area contributed by atoms with E-state index in [4.69, 9.17) is 4.74 Å². The van der Waals surface area contributed by atoms with Gasteiger partial charge in [0.25, 0.3) is 0 Å². The lowest BCUT2D eigenvalue weighted by Crippen LogP contribution is -2.45. The lowest BCUT2D eigenvalue weighted by molar-refractivity contribution is 0.162. The topological polar surface area (TPSA) is 44.7 Å². The molecule has 1 heterocycles. The van der Waals surface area contributed by atoms with Crippen LogP contribution in [0.25, 0.3) is 0 Å². The van der Waals surface area contributed by atoms with E-state index < -0.39 is 0 Å². The van der Waals surface area contributed by atoms with Crippen LogP contribution in [0.15, 0.2) is 18.2 Å². The molecule has 0 amide bonds. The Morgan fingerprint density at radius 2 is 1.91 bits per heavy atom. The maximum Gasteiger partial charge on any atom is 0.160 e. The number of nitrogens with zero attached hydrogens (tertiary/aromatic N) is 1. The van der Waals surface area contributed by atoms with Crippen LogP contribution in [-0.4, -0.2) is 43.3 Å². The van der Waals surface area contributed by atoms with Gasteiger partial charge in [0.05, 0.1) is 7.11 Å². The van der Waals surface area contributed by atoms with Crippen LogP contribution in [0.1, 0.15) is 44.2 Å². The normalized spacial score (nSPS) is 16.1. The largest absolute Gasteiger partial charge is 0.504 e. The summed E-state index contributed by atoms with van der Waals surface area (Å²) >= 11 is 0. The molecule has 1 saturated heterocycles. The fraction of sp³-hybridized carbons (Fsp3) is 0.647. The molecule has 0 aromatic heterocycles. The minimum atomic E-state index is 0. The minimum Gasteiger partial charge on any atom is -0.504 e. The van der Waals surface area contributed by atoms with Crippen LogP contribution >= 0.6 is 24.8 Å². The van der Waals surface area contributed by atoms with Crippen molar-refractivity contribution in [3.63, 3.8) is 0 Å². The number of hydrogen-bond acceptors (Lipinski definition) is 4. The van der Waals surface area contributed by atoms with Gasteiger partial charge in [0.1, 0.15) is 0 Å². The van der Waals surface area contributed by atoms with Crippen molar-refractivity contribution in [2.24, 2.45) is 0 Å². The van der Waals surface area contributed by atoms with E-state index in [0.717, 1.165) is 32.6 Å². The maximum absolute atomic E-state index is 10.1. The number of methoxy groups -OCH3 is 1. The van der Waals surface area contributed by atoms with Crippen molar-refractivity contribution in [1.82, 2.24) is 10.2 Å². The van der Waals surface area contributed by atoms with Crippen LogP contribution in [0.2, 0.25) is 0 Å². The van der Waals surface area contributed by atoms with Gasteiger partial charge in [-0.2, -0.15) is 0 Å². The smallest absolute Gasteiger partial charge is 0.160 e.